The number of hydrogen-bond acceptors (Lipinski definition) is 6. The molecule has 0 aliphatic carbocycles. The molecule has 4 rings (SSSR count). The van der Waals surface area contributed by atoms with Gasteiger partial charge in [0.25, 0.3) is 0 Å². The predicted molar refractivity (Wildman–Crippen MR) is 158 cm³/mol. The van der Waals surface area contributed by atoms with E-state index in [0.717, 1.165) is 16.9 Å². The first-order chi connectivity index (χ1) is 19.6. The Balaban J connectivity index is 1.53. The van der Waals surface area contributed by atoms with Crippen LogP contribution in [-0.2, 0) is 22.7 Å². The molecule has 0 spiro atoms. The molecular formula is C31H34FN5O3S. The topological polar surface area (TPSA) is 89.4 Å². The number of carbonyl (C=O) groups is 2. The van der Waals surface area contributed by atoms with E-state index in [4.69, 9.17) is 4.74 Å². The normalized spacial score (nSPS) is 11.2. The zero-order chi connectivity index (χ0) is 29.4. The lowest BCUT2D eigenvalue weighted by Crippen LogP contribution is -2.47. The van der Waals surface area contributed by atoms with E-state index in [1.807, 2.05) is 86.9 Å². The van der Waals surface area contributed by atoms with Gasteiger partial charge < -0.3 is 15.0 Å². The van der Waals surface area contributed by atoms with Gasteiger partial charge in [0, 0.05) is 11.2 Å². The number of nitrogens with zero attached hydrogens (tertiary/aromatic N) is 4. The Labute approximate surface area is 243 Å². The van der Waals surface area contributed by atoms with Crippen LogP contribution in [0.15, 0.2) is 84.0 Å². The summed E-state index contributed by atoms with van der Waals surface area (Å²) in [6, 6.07) is 23.2. The van der Waals surface area contributed by atoms with Crippen LogP contribution in [0, 0.1) is 12.7 Å². The maximum absolute atomic E-state index is 13.6. The maximum atomic E-state index is 13.6. The number of hydrogen-bond donors (Lipinski definition) is 1. The third-order valence-corrected chi connectivity index (χ3v) is 6.90. The lowest BCUT2D eigenvalue weighted by atomic mass is 10.1. The molecule has 0 atom stereocenters. The van der Waals surface area contributed by atoms with E-state index < -0.39 is 11.4 Å². The Hall–Kier alpha value is -4.18. The molecule has 1 heterocycles. The highest BCUT2D eigenvalue weighted by Crippen LogP contribution is 2.23. The number of aryl methyl sites for hydroxylation is 1. The quantitative estimate of drug-likeness (QED) is 0.241. The molecule has 0 fully saturated rings. The molecular weight excluding hydrogens is 541 g/mol. The SMILES string of the molecule is Cc1ccc(OCc2nnc(SCC(=O)N(CC(=O)NC(C)(C)C)c3ccc(F)cc3)n2Cc2ccccc2)cc1. The van der Waals surface area contributed by atoms with Crippen LogP contribution in [0.25, 0.3) is 0 Å². The molecule has 0 saturated heterocycles. The number of anilines is 1. The van der Waals surface area contributed by atoms with Crippen molar-refractivity contribution in [1.29, 1.82) is 0 Å². The summed E-state index contributed by atoms with van der Waals surface area (Å²) in [5.41, 5.74) is 2.15. The second-order valence-corrected chi connectivity index (χ2v) is 11.6. The predicted octanol–water partition coefficient (Wildman–Crippen LogP) is 5.39. The average Bonchev–Trinajstić information content (AvgIpc) is 3.31. The molecule has 3 aromatic carbocycles. The third kappa shape index (κ3) is 8.91. The molecule has 0 unspecified atom stereocenters. The fourth-order valence-corrected chi connectivity index (χ4v) is 4.82. The Morgan fingerprint density at radius 3 is 2.32 bits per heavy atom. The standard InChI is InChI=1S/C31H34FN5O3S/c1-22-10-16-26(17-11-22)40-20-27-34-35-30(37(27)18-23-8-6-5-7-9-23)41-21-29(39)36(19-28(38)33-31(2,3)4)25-14-12-24(32)13-15-25/h5-17H,18-21H2,1-4H3,(H,33,38). The fourth-order valence-electron chi connectivity index (χ4n) is 3.99. The summed E-state index contributed by atoms with van der Waals surface area (Å²) < 4.78 is 21.5. The first-order valence-corrected chi connectivity index (χ1v) is 14.2. The summed E-state index contributed by atoms with van der Waals surface area (Å²) >= 11 is 1.22. The largest absolute Gasteiger partial charge is 0.486 e. The smallest absolute Gasteiger partial charge is 0.240 e. The van der Waals surface area contributed by atoms with Crippen LogP contribution in [0.1, 0.15) is 37.7 Å². The van der Waals surface area contributed by atoms with Crippen molar-refractivity contribution in [2.24, 2.45) is 0 Å². The van der Waals surface area contributed by atoms with Gasteiger partial charge >= 0.3 is 0 Å². The van der Waals surface area contributed by atoms with Gasteiger partial charge in [-0.25, -0.2) is 4.39 Å². The van der Waals surface area contributed by atoms with Gasteiger partial charge in [0.15, 0.2) is 11.0 Å². The summed E-state index contributed by atoms with van der Waals surface area (Å²) in [4.78, 5) is 27.6. The molecule has 214 valence electrons. The molecule has 0 aliphatic heterocycles. The van der Waals surface area contributed by atoms with Gasteiger partial charge in [0.2, 0.25) is 11.8 Å². The molecule has 0 aliphatic rings. The fraction of sp³-hybridized carbons (Fsp3) is 0.290. The van der Waals surface area contributed by atoms with E-state index >= 15 is 0 Å². The monoisotopic (exact) mass is 575 g/mol. The summed E-state index contributed by atoms with van der Waals surface area (Å²) in [6.45, 7) is 8.10. The molecule has 0 bridgehead atoms. The molecule has 41 heavy (non-hydrogen) atoms. The van der Waals surface area contributed by atoms with E-state index in [1.54, 1.807) is 0 Å². The summed E-state index contributed by atoms with van der Waals surface area (Å²) in [5.74, 6) is 0.262. The van der Waals surface area contributed by atoms with Crippen molar-refractivity contribution >= 4 is 29.3 Å². The third-order valence-electron chi connectivity index (χ3n) is 5.95. The van der Waals surface area contributed by atoms with E-state index in [0.29, 0.717) is 23.2 Å². The number of nitrogens with one attached hydrogen (secondary N) is 1. The Morgan fingerprint density at radius 1 is 0.976 bits per heavy atom. The highest BCUT2D eigenvalue weighted by Gasteiger charge is 2.23. The van der Waals surface area contributed by atoms with Crippen LogP contribution in [0.4, 0.5) is 10.1 Å². The van der Waals surface area contributed by atoms with Crippen LogP contribution in [-0.4, -0.2) is 44.4 Å². The highest BCUT2D eigenvalue weighted by atomic mass is 32.2. The lowest BCUT2D eigenvalue weighted by molar-refractivity contribution is -0.123. The van der Waals surface area contributed by atoms with Crippen LogP contribution >= 0.6 is 11.8 Å². The Bertz CT molecular complexity index is 1450. The molecule has 8 nitrogen and oxygen atoms in total. The van der Waals surface area contributed by atoms with E-state index in [2.05, 4.69) is 15.5 Å². The van der Waals surface area contributed by atoms with Crippen LogP contribution in [0.5, 0.6) is 5.75 Å². The van der Waals surface area contributed by atoms with Gasteiger partial charge in [0.1, 0.15) is 24.7 Å². The zero-order valence-corrected chi connectivity index (χ0v) is 24.5. The molecule has 1 aromatic heterocycles. The second-order valence-electron chi connectivity index (χ2n) is 10.6. The Morgan fingerprint density at radius 2 is 1.66 bits per heavy atom. The van der Waals surface area contributed by atoms with Crippen molar-refractivity contribution in [3.63, 3.8) is 0 Å². The zero-order valence-electron chi connectivity index (χ0n) is 23.6. The molecule has 0 saturated carbocycles. The summed E-state index contributed by atoms with van der Waals surface area (Å²) in [5, 5.41) is 12.1. The number of ether oxygens (including phenoxy) is 1. The number of thioether (sulfide) groups is 1. The number of benzene rings is 3. The minimum Gasteiger partial charge on any atom is -0.486 e. The second kappa shape index (κ2) is 13.5. The Kier molecular flexibility index (Phi) is 9.78. The van der Waals surface area contributed by atoms with E-state index in [-0.39, 0.29) is 30.7 Å². The number of rotatable bonds is 11. The van der Waals surface area contributed by atoms with Gasteiger partial charge in [-0.1, -0.05) is 59.8 Å². The number of amides is 2. The van der Waals surface area contributed by atoms with Gasteiger partial charge in [-0.2, -0.15) is 0 Å². The molecule has 4 aromatic rings. The minimum atomic E-state index is -0.464. The number of aromatic nitrogens is 3. The van der Waals surface area contributed by atoms with Crippen molar-refractivity contribution in [3.05, 3.63) is 102 Å². The van der Waals surface area contributed by atoms with Gasteiger partial charge in [0.05, 0.1) is 12.3 Å². The number of halogens is 1. The van der Waals surface area contributed by atoms with Crippen molar-refractivity contribution in [1.82, 2.24) is 20.1 Å². The van der Waals surface area contributed by atoms with Gasteiger partial charge in [-0.3, -0.25) is 14.2 Å². The van der Waals surface area contributed by atoms with Gasteiger partial charge in [-0.15, -0.1) is 10.2 Å². The summed E-state index contributed by atoms with van der Waals surface area (Å²) in [6.07, 6.45) is 0. The first kappa shape index (κ1) is 29.8. The molecule has 10 heteroatoms. The first-order valence-electron chi connectivity index (χ1n) is 13.2. The highest BCUT2D eigenvalue weighted by molar-refractivity contribution is 7.99. The molecule has 0 radical (unpaired) electrons. The van der Waals surface area contributed by atoms with Crippen molar-refractivity contribution in [2.75, 3.05) is 17.2 Å². The minimum absolute atomic E-state index is 0.00802. The van der Waals surface area contributed by atoms with Crippen LogP contribution in [0.2, 0.25) is 0 Å². The lowest BCUT2D eigenvalue weighted by Gasteiger charge is -2.26. The van der Waals surface area contributed by atoms with Crippen LogP contribution in [0.3, 0.4) is 0 Å². The average molecular weight is 576 g/mol. The van der Waals surface area contributed by atoms with Gasteiger partial charge in [-0.05, 0) is 69.7 Å². The van der Waals surface area contributed by atoms with E-state index in [1.165, 1.54) is 40.9 Å². The van der Waals surface area contributed by atoms with Crippen LogP contribution < -0.4 is 15.0 Å². The molecule has 1 N–H and O–H groups in total. The van der Waals surface area contributed by atoms with Crippen molar-refractivity contribution in [2.45, 2.75) is 51.5 Å². The maximum Gasteiger partial charge on any atom is 0.240 e. The number of carbonyl (C=O) groups excluding carboxylic acids is 2. The van der Waals surface area contributed by atoms with Crippen molar-refractivity contribution < 1.29 is 18.7 Å². The molecule has 2 amide bonds. The van der Waals surface area contributed by atoms with E-state index in [9.17, 15) is 14.0 Å². The summed E-state index contributed by atoms with van der Waals surface area (Å²) in [7, 11) is 0. The van der Waals surface area contributed by atoms with Crippen molar-refractivity contribution in [3.8, 4) is 5.75 Å².